The van der Waals surface area contributed by atoms with Gasteiger partial charge in [0.25, 0.3) is 0 Å². The lowest BCUT2D eigenvalue weighted by Gasteiger charge is -2.33. The molecule has 21 heavy (non-hydrogen) atoms. The maximum absolute atomic E-state index is 12.8. The molecule has 0 aromatic carbocycles. The summed E-state index contributed by atoms with van der Waals surface area (Å²) in [5.74, 6) is 0.0827. The molecule has 0 bridgehead atoms. The number of carbonyl (C=O) groups is 2. The zero-order valence-corrected chi connectivity index (χ0v) is 13.3. The Morgan fingerprint density at radius 2 is 2.10 bits per heavy atom. The molecule has 2 fully saturated rings. The summed E-state index contributed by atoms with van der Waals surface area (Å²) in [6.07, 6.45) is 6.33. The van der Waals surface area contributed by atoms with Gasteiger partial charge in [-0.05, 0) is 38.5 Å². The Morgan fingerprint density at radius 1 is 1.33 bits per heavy atom. The third-order valence-corrected chi connectivity index (χ3v) is 4.87. The molecule has 0 saturated carbocycles. The molecule has 2 saturated heterocycles. The Balaban J connectivity index is 1.93. The molecule has 2 aliphatic rings. The molecule has 2 aliphatic heterocycles. The van der Waals surface area contributed by atoms with E-state index in [0.717, 1.165) is 38.8 Å². The quantitative estimate of drug-likeness (QED) is 0.814. The second-order valence-corrected chi connectivity index (χ2v) is 6.16. The highest BCUT2D eigenvalue weighted by atomic mass is 16.5. The van der Waals surface area contributed by atoms with Gasteiger partial charge in [-0.2, -0.15) is 0 Å². The van der Waals surface area contributed by atoms with Crippen molar-refractivity contribution in [2.24, 2.45) is 0 Å². The van der Waals surface area contributed by atoms with Gasteiger partial charge >= 0.3 is 0 Å². The summed E-state index contributed by atoms with van der Waals surface area (Å²) in [6.45, 7) is 6.09. The molecule has 0 aliphatic carbocycles. The standard InChI is InChI=1S/C16H28N2O3/c1-3-16(4-2)15(20)18(11-9-14(19)17-16)10-5-7-13-8-6-12-21-13/h13H,3-12H2,1-2H3,(H,17,19). The summed E-state index contributed by atoms with van der Waals surface area (Å²) in [6, 6.07) is 0. The van der Waals surface area contributed by atoms with E-state index >= 15 is 0 Å². The van der Waals surface area contributed by atoms with Crippen LogP contribution in [0.2, 0.25) is 0 Å². The molecule has 1 N–H and O–H groups in total. The van der Waals surface area contributed by atoms with Crippen molar-refractivity contribution in [3.8, 4) is 0 Å². The summed E-state index contributed by atoms with van der Waals surface area (Å²) in [5.41, 5.74) is -0.697. The van der Waals surface area contributed by atoms with Crippen molar-refractivity contribution in [1.29, 1.82) is 0 Å². The van der Waals surface area contributed by atoms with Gasteiger partial charge in [0.05, 0.1) is 6.10 Å². The topological polar surface area (TPSA) is 58.6 Å². The summed E-state index contributed by atoms with van der Waals surface area (Å²) >= 11 is 0. The molecule has 0 aromatic heterocycles. The molecule has 2 rings (SSSR count). The van der Waals surface area contributed by atoms with Gasteiger partial charge < -0.3 is 15.0 Å². The number of hydrogen-bond acceptors (Lipinski definition) is 3. The van der Waals surface area contributed by atoms with Gasteiger partial charge in [0.2, 0.25) is 11.8 Å². The molecule has 1 atom stereocenters. The lowest BCUT2D eigenvalue weighted by Crippen LogP contribution is -2.56. The van der Waals surface area contributed by atoms with E-state index in [2.05, 4.69) is 5.32 Å². The second kappa shape index (κ2) is 7.25. The first-order valence-electron chi connectivity index (χ1n) is 8.33. The first-order chi connectivity index (χ1) is 10.1. The van der Waals surface area contributed by atoms with Crippen molar-refractivity contribution in [3.05, 3.63) is 0 Å². The fraction of sp³-hybridized carbons (Fsp3) is 0.875. The predicted molar refractivity (Wildman–Crippen MR) is 80.9 cm³/mol. The van der Waals surface area contributed by atoms with Crippen LogP contribution in [0.3, 0.4) is 0 Å². The van der Waals surface area contributed by atoms with Crippen LogP contribution >= 0.6 is 0 Å². The Hall–Kier alpha value is -1.10. The Kier molecular flexibility index (Phi) is 5.62. The van der Waals surface area contributed by atoms with Gasteiger partial charge in [-0.3, -0.25) is 9.59 Å². The minimum atomic E-state index is -0.697. The van der Waals surface area contributed by atoms with E-state index in [1.807, 2.05) is 18.7 Å². The van der Waals surface area contributed by atoms with Crippen LogP contribution in [-0.4, -0.2) is 48.1 Å². The predicted octanol–water partition coefficient (Wildman–Crippen LogP) is 1.85. The maximum atomic E-state index is 12.8. The number of nitrogens with zero attached hydrogens (tertiary/aromatic N) is 1. The number of carbonyl (C=O) groups excluding carboxylic acids is 2. The van der Waals surface area contributed by atoms with Gasteiger partial charge in [-0.25, -0.2) is 0 Å². The van der Waals surface area contributed by atoms with Gasteiger partial charge in [0.1, 0.15) is 5.54 Å². The fourth-order valence-electron chi connectivity index (χ4n) is 3.35. The van der Waals surface area contributed by atoms with Crippen LogP contribution in [0.4, 0.5) is 0 Å². The minimum absolute atomic E-state index is 0.00586. The summed E-state index contributed by atoms with van der Waals surface area (Å²) in [7, 11) is 0. The van der Waals surface area contributed by atoms with Crippen molar-refractivity contribution in [2.75, 3.05) is 19.7 Å². The van der Waals surface area contributed by atoms with Gasteiger partial charge in [-0.15, -0.1) is 0 Å². The monoisotopic (exact) mass is 296 g/mol. The Bertz CT molecular complexity index is 374. The summed E-state index contributed by atoms with van der Waals surface area (Å²) in [5, 5.41) is 2.95. The van der Waals surface area contributed by atoms with E-state index in [1.165, 1.54) is 0 Å². The van der Waals surface area contributed by atoms with E-state index in [0.29, 0.717) is 31.9 Å². The number of nitrogens with one attached hydrogen (secondary N) is 1. The van der Waals surface area contributed by atoms with E-state index in [9.17, 15) is 9.59 Å². The maximum Gasteiger partial charge on any atom is 0.248 e. The molecule has 2 heterocycles. The lowest BCUT2D eigenvalue weighted by atomic mass is 9.91. The Morgan fingerprint density at radius 3 is 2.71 bits per heavy atom. The lowest BCUT2D eigenvalue weighted by molar-refractivity contribution is -0.139. The van der Waals surface area contributed by atoms with Gasteiger partial charge in [0.15, 0.2) is 0 Å². The molecular formula is C16H28N2O3. The van der Waals surface area contributed by atoms with Crippen molar-refractivity contribution >= 4 is 11.8 Å². The molecule has 0 aromatic rings. The SMILES string of the molecule is CCC1(CC)NC(=O)CCN(CCCC2CCCO2)C1=O. The second-order valence-electron chi connectivity index (χ2n) is 6.16. The van der Waals surface area contributed by atoms with E-state index < -0.39 is 5.54 Å². The normalized spacial score (nSPS) is 25.8. The van der Waals surface area contributed by atoms with Crippen LogP contribution < -0.4 is 5.32 Å². The van der Waals surface area contributed by atoms with E-state index in [1.54, 1.807) is 0 Å². The smallest absolute Gasteiger partial charge is 0.248 e. The zero-order chi connectivity index (χ0) is 15.3. The van der Waals surface area contributed by atoms with Crippen molar-refractivity contribution in [2.45, 2.75) is 70.4 Å². The summed E-state index contributed by atoms with van der Waals surface area (Å²) in [4.78, 5) is 26.5. The summed E-state index contributed by atoms with van der Waals surface area (Å²) < 4.78 is 5.62. The van der Waals surface area contributed by atoms with E-state index in [4.69, 9.17) is 4.74 Å². The molecule has 120 valence electrons. The fourth-order valence-corrected chi connectivity index (χ4v) is 3.35. The molecule has 1 unspecified atom stereocenters. The first-order valence-corrected chi connectivity index (χ1v) is 8.33. The van der Waals surface area contributed by atoms with Crippen LogP contribution in [-0.2, 0) is 14.3 Å². The molecule has 2 amide bonds. The van der Waals surface area contributed by atoms with Crippen LogP contribution in [0.5, 0.6) is 0 Å². The molecule has 5 nitrogen and oxygen atoms in total. The van der Waals surface area contributed by atoms with Crippen LogP contribution in [0.25, 0.3) is 0 Å². The van der Waals surface area contributed by atoms with Crippen molar-refractivity contribution in [3.63, 3.8) is 0 Å². The highest BCUT2D eigenvalue weighted by molar-refractivity contribution is 5.93. The van der Waals surface area contributed by atoms with Crippen molar-refractivity contribution < 1.29 is 14.3 Å². The third kappa shape index (κ3) is 3.76. The first kappa shape index (κ1) is 16.3. The van der Waals surface area contributed by atoms with E-state index in [-0.39, 0.29) is 11.8 Å². The minimum Gasteiger partial charge on any atom is -0.378 e. The molecule has 0 spiro atoms. The molecular weight excluding hydrogens is 268 g/mol. The van der Waals surface area contributed by atoms with Gasteiger partial charge in [0, 0.05) is 26.1 Å². The highest BCUT2D eigenvalue weighted by Gasteiger charge is 2.41. The van der Waals surface area contributed by atoms with Crippen LogP contribution in [0.15, 0.2) is 0 Å². The molecule has 0 radical (unpaired) electrons. The average molecular weight is 296 g/mol. The zero-order valence-electron chi connectivity index (χ0n) is 13.3. The molecule has 5 heteroatoms. The number of rotatable bonds is 6. The number of ether oxygens (including phenoxy) is 1. The largest absolute Gasteiger partial charge is 0.378 e. The highest BCUT2D eigenvalue weighted by Crippen LogP contribution is 2.23. The average Bonchev–Trinajstić information content (AvgIpc) is 2.97. The third-order valence-electron chi connectivity index (χ3n) is 4.87. The Labute approximate surface area is 127 Å². The van der Waals surface area contributed by atoms with Crippen molar-refractivity contribution in [1.82, 2.24) is 10.2 Å². The van der Waals surface area contributed by atoms with Crippen LogP contribution in [0, 0.1) is 0 Å². The van der Waals surface area contributed by atoms with Crippen LogP contribution in [0.1, 0.15) is 58.8 Å². The number of hydrogen-bond donors (Lipinski definition) is 1. The number of amides is 2. The van der Waals surface area contributed by atoms with Gasteiger partial charge in [-0.1, -0.05) is 13.8 Å².